The van der Waals surface area contributed by atoms with Gasteiger partial charge in [0.25, 0.3) is 5.56 Å². The minimum Gasteiger partial charge on any atom is -0.495 e. The maximum atomic E-state index is 14.1. The number of methoxy groups -OCH3 is 3. The van der Waals surface area contributed by atoms with E-state index < -0.39 is 17.3 Å². The molecule has 1 saturated heterocycles. The van der Waals surface area contributed by atoms with Crippen LogP contribution < -0.4 is 20.3 Å². The van der Waals surface area contributed by atoms with Gasteiger partial charge in [0.1, 0.15) is 22.7 Å². The molecule has 0 radical (unpaired) electrons. The first-order chi connectivity index (χ1) is 20.9. The van der Waals surface area contributed by atoms with E-state index in [0.717, 1.165) is 0 Å². The molecular formula is C29H36Cl2N6O7. The van der Waals surface area contributed by atoms with Crippen molar-refractivity contribution in [2.24, 2.45) is 0 Å². The summed E-state index contributed by atoms with van der Waals surface area (Å²) in [6.45, 7) is 8.87. The molecular weight excluding hydrogens is 615 g/mol. The summed E-state index contributed by atoms with van der Waals surface area (Å²) in [5.74, 6) is 0.546. The minimum absolute atomic E-state index is 0.0253. The molecule has 3 heterocycles. The molecule has 44 heavy (non-hydrogen) atoms. The number of halogens is 2. The zero-order chi connectivity index (χ0) is 32.2. The van der Waals surface area contributed by atoms with Gasteiger partial charge in [-0.1, -0.05) is 23.2 Å². The molecule has 0 atom stereocenters. The molecule has 0 unspecified atom stereocenters. The van der Waals surface area contributed by atoms with Crippen LogP contribution in [0.15, 0.2) is 23.1 Å². The number of piperazine rings is 1. The number of benzene rings is 1. The number of rotatable bonds is 8. The second kappa shape index (κ2) is 13.9. The van der Waals surface area contributed by atoms with Gasteiger partial charge < -0.3 is 23.8 Å². The van der Waals surface area contributed by atoms with E-state index in [1.165, 1.54) is 32.1 Å². The third kappa shape index (κ3) is 7.45. The largest absolute Gasteiger partial charge is 0.495 e. The Morgan fingerprint density at radius 3 is 2.18 bits per heavy atom. The van der Waals surface area contributed by atoms with E-state index >= 15 is 0 Å². The molecule has 0 spiro atoms. The lowest BCUT2D eigenvalue weighted by atomic mass is 10.0. The summed E-state index contributed by atoms with van der Waals surface area (Å²) >= 11 is 13.4. The van der Waals surface area contributed by atoms with E-state index in [9.17, 15) is 14.4 Å². The Labute approximate surface area is 264 Å². The van der Waals surface area contributed by atoms with Crippen LogP contribution in [0.2, 0.25) is 10.0 Å². The smallest absolute Gasteiger partial charge is 0.413 e. The van der Waals surface area contributed by atoms with Gasteiger partial charge in [0.15, 0.2) is 0 Å². The van der Waals surface area contributed by atoms with E-state index in [1.807, 2.05) is 20.8 Å². The van der Waals surface area contributed by atoms with E-state index in [2.05, 4.69) is 24.9 Å². The average Bonchev–Trinajstić information content (AvgIpc) is 2.98. The van der Waals surface area contributed by atoms with Crippen LogP contribution in [-0.4, -0.2) is 96.2 Å². The number of ether oxygens (including phenoxy) is 4. The van der Waals surface area contributed by atoms with E-state index in [1.54, 1.807) is 17.0 Å². The summed E-state index contributed by atoms with van der Waals surface area (Å²) in [5, 5.41) is 3.24. The van der Waals surface area contributed by atoms with Crippen LogP contribution in [0.4, 0.5) is 15.5 Å². The van der Waals surface area contributed by atoms with Gasteiger partial charge >= 0.3 is 12.2 Å². The van der Waals surface area contributed by atoms with Crippen molar-refractivity contribution in [2.45, 2.75) is 39.3 Å². The number of anilines is 1. The summed E-state index contributed by atoms with van der Waals surface area (Å²) in [7, 11) is 4.13. The number of carbonyl (C=O) groups is 2. The van der Waals surface area contributed by atoms with E-state index in [4.69, 9.17) is 37.4 Å². The average molecular weight is 652 g/mol. The highest BCUT2D eigenvalue weighted by molar-refractivity contribution is 6.41. The zero-order valence-electron chi connectivity index (χ0n) is 25.5. The maximum absolute atomic E-state index is 14.1. The third-order valence-electron chi connectivity index (χ3n) is 6.95. The monoisotopic (exact) mass is 650 g/mol. The summed E-state index contributed by atoms with van der Waals surface area (Å²) < 4.78 is 22.5. The number of hydrogen-bond acceptors (Lipinski definition) is 10. The van der Waals surface area contributed by atoms with Crippen LogP contribution >= 0.6 is 23.2 Å². The molecule has 1 aliphatic heterocycles. The SMILES string of the molecule is COC(=O)Nc1ncc2cc(-c3c(Cl)c(OC)cc(OC)c3Cl)c(=O)n(CCCN3CCN(C(=O)OC(C)(C)C)CC3)c2n1. The fourth-order valence-electron chi connectivity index (χ4n) is 4.80. The predicted molar refractivity (Wildman–Crippen MR) is 167 cm³/mol. The van der Waals surface area contributed by atoms with Gasteiger partial charge in [-0.05, 0) is 39.8 Å². The highest BCUT2D eigenvalue weighted by atomic mass is 35.5. The molecule has 0 saturated carbocycles. The third-order valence-corrected chi connectivity index (χ3v) is 7.70. The number of aryl methyl sites for hydroxylation is 1. The molecule has 238 valence electrons. The number of amides is 2. The second-order valence-electron chi connectivity index (χ2n) is 11.1. The first-order valence-corrected chi connectivity index (χ1v) is 14.7. The van der Waals surface area contributed by atoms with Crippen LogP contribution in [0.1, 0.15) is 27.2 Å². The van der Waals surface area contributed by atoms with Crippen molar-refractivity contribution in [3.05, 3.63) is 38.7 Å². The van der Waals surface area contributed by atoms with Crippen LogP contribution in [-0.2, 0) is 16.0 Å². The fraction of sp³-hybridized carbons (Fsp3) is 0.483. The van der Waals surface area contributed by atoms with Gasteiger partial charge in [0.2, 0.25) is 5.95 Å². The van der Waals surface area contributed by atoms with Crippen molar-refractivity contribution in [1.82, 2.24) is 24.3 Å². The Morgan fingerprint density at radius 2 is 1.61 bits per heavy atom. The molecule has 3 aromatic rings. The lowest BCUT2D eigenvalue weighted by Crippen LogP contribution is -2.50. The number of nitrogens with one attached hydrogen (secondary N) is 1. The van der Waals surface area contributed by atoms with E-state index in [-0.39, 0.29) is 51.3 Å². The molecule has 1 aromatic carbocycles. The molecule has 1 fully saturated rings. The number of aromatic nitrogens is 3. The van der Waals surface area contributed by atoms with Gasteiger partial charge in [0, 0.05) is 55.9 Å². The quantitative estimate of drug-likeness (QED) is 0.358. The summed E-state index contributed by atoms with van der Waals surface area (Å²) in [6.07, 6.45) is 0.997. The standard InChI is InChI=1S/C29H36Cl2N6O7/c1-29(2,3)44-28(40)36-12-10-35(11-13-36)8-7-9-37-24-17(16-32-26(33-24)34-27(39)43-6)14-18(25(37)38)21-22(30)19(41-4)15-20(42-5)23(21)31/h14-16H,7-13H2,1-6H3,(H,32,33,34,39). The first-order valence-electron chi connectivity index (χ1n) is 13.9. The highest BCUT2D eigenvalue weighted by Gasteiger charge is 2.26. The number of nitrogens with zero attached hydrogens (tertiary/aromatic N) is 5. The topological polar surface area (TPSA) is 137 Å². The Kier molecular flexibility index (Phi) is 10.4. The molecule has 0 bridgehead atoms. The Balaban J connectivity index is 1.65. The molecule has 2 aromatic heterocycles. The van der Waals surface area contributed by atoms with Crippen LogP contribution in [0.25, 0.3) is 22.2 Å². The molecule has 4 rings (SSSR count). The maximum Gasteiger partial charge on any atom is 0.413 e. The van der Waals surface area contributed by atoms with Gasteiger partial charge in [-0.15, -0.1) is 0 Å². The Bertz CT molecular complexity index is 1570. The summed E-state index contributed by atoms with van der Waals surface area (Å²) in [4.78, 5) is 50.9. The van der Waals surface area contributed by atoms with Gasteiger partial charge in [-0.25, -0.2) is 14.6 Å². The summed E-state index contributed by atoms with van der Waals surface area (Å²) in [6, 6.07) is 3.14. The van der Waals surface area contributed by atoms with Crippen LogP contribution in [0.5, 0.6) is 11.5 Å². The lowest BCUT2D eigenvalue weighted by Gasteiger charge is -2.35. The summed E-state index contributed by atoms with van der Waals surface area (Å²) in [5.41, 5.74) is -0.210. The molecule has 2 amide bonds. The van der Waals surface area contributed by atoms with Gasteiger partial charge in [0.05, 0.1) is 36.9 Å². The van der Waals surface area contributed by atoms with Crippen molar-refractivity contribution in [3.8, 4) is 22.6 Å². The van der Waals surface area contributed by atoms with Crippen molar-refractivity contribution in [2.75, 3.05) is 59.4 Å². The van der Waals surface area contributed by atoms with Crippen LogP contribution in [0, 0.1) is 0 Å². The van der Waals surface area contributed by atoms with Crippen molar-refractivity contribution in [3.63, 3.8) is 0 Å². The van der Waals surface area contributed by atoms with Crippen molar-refractivity contribution in [1.29, 1.82) is 0 Å². The van der Waals surface area contributed by atoms with Crippen molar-refractivity contribution < 1.29 is 28.5 Å². The number of fused-ring (bicyclic) bond motifs is 1. The van der Waals surface area contributed by atoms with Crippen LogP contribution in [0.3, 0.4) is 0 Å². The first kappa shape index (κ1) is 33.1. The molecule has 1 aliphatic rings. The predicted octanol–water partition coefficient (Wildman–Crippen LogP) is 4.90. The molecule has 15 heteroatoms. The molecule has 0 aliphatic carbocycles. The Hall–Kier alpha value is -3.81. The normalized spacial score (nSPS) is 14.0. The van der Waals surface area contributed by atoms with Gasteiger partial charge in [-0.2, -0.15) is 4.98 Å². The van der Waals surface area contributed by atoms with Crippen molar-refractivity contribution >= 4 is 52.4 Å². The van der Waals surface area contributed by atoms with Gasteiger partial charge in [-0.3, -0.25) is 19.6 Å². The number of hydrogen-bond donors (Lipinski definition) is 1. The lowest BCUT2D eigenvalue weighted by molar-refractivity contribution is 0.0144. The minimum atomic E-state index is -0.748. The fourth-order valence-corrected chi connectivity index (χ4v) is 5.51. The second-order valence-corrected chi connectivity index (χ2v) is 11.8. The molecule has 1 N–H and O–H groups in total. The number of pyridine rings is 1. The zero-order valence-corrected chi connectivity index (χ0v) is 27.0. The highest BCUT2D eigenvalue weighted by Crippen LogP contribution is 2.45. The molecule has 13 nitrogen and oxygen atoms in total. The number of carbonyl (C=O) groups excluding carboxylic acids is 2. The Morgan fingerprint density at radius 1 is 0.977 bits per heavy atom. The van der Waals surface area contributed by atoms with E-state index in [0.29, 0.717) is 50.2 Å².